The van der Waals surface area contributed by atoms with E-state index in [0.717, 1.165) is 19.3 Å². The highest BCUT2D eigenvalue weighted by Crippen LogP contribution is 2.56. The number of hydrogen-bond acceptors (Lipinski definition) is 5. The van der Waals surface area contributed by atoms with Gasteiger partial charge in [0.1, 0.15) is 5.75 Å². The average molecular weight is 513 g/mol. The maximum absolute atomic E-state index is 13.1. The summed E-state index contributed by atoms with van der Waals surface area (Å²) in [6.07, 6.45) is 2.97. The number of carbonyl (C=O) groups is 4. The highest BCUT2D eigenvalue weighted by molar-refractivity contribution is 6.36. The lowest BCUT2D eigenvalue weighted by Crippen LogP contribution is -2.32. The van der Waals surface area contributed by atoms with Crippen LogP contribution in [0.3, 0.4) is 0 Å². The molecule has 2 aromatic rings. The molecule has 4 fully saturated rings. The molecule has 0 unspecified atom stereocenters. The molecular formula is C26H22Cl2N2O5. The first-order chi connectivity index (χ1) is 16.8. The fraction of sp³-hybridized carbons (Fsp3) is 0.385. The van der Waals surface area contributed by atoms with Gasteiger partial charge in [0.25, 0.3) is 0 Å². The Morgan fingerprint density at radius 2 is 1.66 bits per heavy atom. The number of rotatable bonds is 4. The van der Waals surface area contributed by atoms with E-state index in [0.29, 0.717) is 33.3 Å². The second-order valence-corrected chi connectivity index (χ2v) is 10.7. The van der Waals surface area contributed by atoms with E-state index in [1.807, 2.05) is 0 Å². The van der Waals surface area contributed by atoms with Crippen LogP contribution in [0.1, 0.15) is 25.7 Å². The van der Waals surface area contributed by atoms with Gasteiger partial charge >= 0.3 is 5.97 Å². The van der Waals surface area contributed by atoms with E-state index < -0.39 is 11.9 Å². The Bertz CT molecular complexity index is 1250. The molecule has 2 saturated carbocycles. The molecule has 0 radical (unpaired) electrons. The van der Waals surface area contributed by atoms with Gasteiger partial charge in [0.05, 0.1) is 34.2 Å². The maximum atomic E-state index is 13.1. The second-order valence-electron chi connectivity index (χ2n) is 9.82. The van der Waals surface area contributed by atoms with Crippen molar-refractivity contribution in [3.63, 3.8) is 0 Å². The molecule has 180 valence electrons. The Kier molecular flexibility index (Phi) is 5.38. The van der Waals surface area contributed by atoms with E-state index >= 15 is 0 Å². The third kappa shape index (κ3) is 3.64. The van der Waals surface area contributed by atoms with E-state index in [1.165, 1.54) is 9.80 Å². The summed E-state index contributed by atoms with van der Waals surface area (Å²) in [5.74, 6) is -1.43. The first-order valence-electron chi connectivity index (χ1n) is 11.8. The van der Waals surface area contributed by atoms with Crippen LogP contribution in [-0.2, 0) is 19.2 Å². The van der Waals surface area contributed by atoms with Gasteiger partial charge in [-0.05, 0) is 61.4 Å². The number of halogens is 2. The molecule has 0 aromatic heterocycles. The first-order valence-corrected chi connectivity index (χ1v) is 12.5. The van der Waals surface area contributed by atoms with Crippen molar-refractivity contribution in [3.05, 3.63) is 52.5 Å². The zero-order chi connectivity index (χ0) is 24.4. The third-order valence-electron chi connectivity index (χ3n) is 7.88. The Labute approximate surface area is 211 Å². The Morgan fingerprint density at radius 1 is 0.943 bits per heavy atom. The summed E-state index contributed by atoms with van der Waals surface area (Å²) in [5.41, 5.74) is 0.862. The van der Waals surface area contributed by atoms with Crippen LogP contribution in [0.25, 0.3) is 0 Å². The third-order valence-corrected chi connectivity index (χ3v) is 8.43. The van der Waals surface area contributed by atoms with E-state index in [9.17, 15) is 19.2 Å². The number of nitrogens with zero attached hydrogens (tertiary/aromatic N) is 2. The fourth-order valence-corrected chi connectivity index (χ4v) is 6.73. The lowest BCUT2D eigenvalue weighted by atomic mass is 9.81. The van der Waals surface area contributed by atoms with Crippen LogP contribution >= 0.6 is 23.2 Å². The van der Waals surface area contributed by atoms with Gasteiger partial charge in [0.15, 0.2) is 0 Å². The topological polar surface area (TPSA) is 84.0 Å². The molecule has 7 nitrogen and oxygen atoms in total. The van der Waals surface area contributed by atoms with Gasteiger partial charge in [-0.1, -0.05) is 29.3 Å². The molecule has 9 heteroatoms. The van der Waals surface area contributed by atoms with Crippen LogP contribution < -0.4 is 14.5 Å². The number of carbonyl (C=O) groups excluding carboxylic acids is 4. The Hall–Kier alpha value is -2.90. The molecule has 0 spiro atoms. The zero-order valence-electron chi connectivity index (χ0n) is 18.7. The van der Waals surface area contributed by atoms with E-state index in [1.54, 1.807) is 42.5 Å². The van der Waals surface area contributed by atoms with E-state index in [-0.39, 0.29) is 48.3 Å². The summed E-state index contributed by atoms with van der Waals surface area (Å²) in [6.45, 7) is 0.118. The van der Waals surface area contributed by atoms with Crippen LogP contribution in [-0.4, -0.2) is 30.2 Å². The Balaban J connectivity index is 1.17. The zero-order valence-corrected chi connectivity index (χ0v) is 20.2. The molecular weight excluding hydrogens is 491 g/mol. The number of amides is 3. The van der Waals surface area contributed by atoms with Crippen LogP contribution in [0, 0.1) is 29.6 Å². The minimum atomic E-state index is -0.689. The van der Waals surface area contributed by atoms with Gasteiger partial charge in [0.2, 0.25) is 17.7 Å². The summed E-state index contributed by atoms with van der Waals surface area (Å²) in [7, 11) is 0. The van der Waals surface area contributed by atoms with Crippen LogP contribution in [0.5, 0.6) is 5.75 Å². The van der Waals surface area contributed by atoms with Crippen molar-refractivity contribution in [1.29, 1.82) is 0 Å². The Morgan fingerprint density at radius 3 is 2.37 bits per heavy atom. The van der Waals surface area contributed by atoms with Gasteiger partial charge < -0.3 is 9.64 Å². The van der Waals surface area contributed by atoms with Crippen molar-refractivity contribution in [2.45, 2.75) is 25.7 Å². The van der Waals surface area contributed by atoms with Gasteiger partial charge in [-0.3, -0.25) is 19.2 Å². The molecule has 2 aliphatic heterocycles. The number of esters is 1. The van der Waals surface area contributed by atoms with Crippen molar-refractivity contribution in [3.8, 4) is 5.75 Å². The molecule has 2 aliphatic carbocycles. The van der Waals surface area contributed by atoms with Gasteiger partial charge in [-0.2, -0.15) is 0 Å². The molecule has 35 heavy (non-hydrogen) atoms. The van der Waals surface area contributed by atoms with Gasteiger partial charge in [0, 0.05) is 24.1 Å². The molecule has 2 bridgehead atoms. The van der Waals surface area contributed by atoms with Crippen molar-refractivity contribution in [2.24, 2.45) is 29.6 Å². The average Bonchev–Trinajstić information content (AvgIpc) is 3.59. The number of benzene rings is 2. The molecule has 4 aliphatic rings. The molecule has 2 aromatic carbocycles. The number of fused-ring (bicyclic) bond motifs is 5. The monoisotopic (exact) mass is 512 g/mol. The molecule has 0 N–H and O–H groups in total. The minimum Gasteiger partial charge on any atom is -0.426 e. The molecule has 5 atom stereocenters. The van der Waals surface area contributed by atoms with Crippen LogP contribution in [0.2, 0.25) is 10.0 Å². The summed E-state index contributed by atoms with van der Waals surface area (Å²) in [5, 5.41) is 0.797. The largest absolute Gasteiger partial charge is 0.426 e. The number of hydrogen-bond donors (Lipinski definition) is 0. The summed E-state index contributed by atoms with van der Waals surface area (Å²) in [6, 6.07) is 11.3. The standard InChI is InChI=1S/C26H22Cl2N2O5/c27-16-6-7-19(28)20(10-16)29-12-15(9-21(29)31)26(34)35-18-3-1-2-17(11-18)30-24(32)22-13-4-5-14(8-13)23(22)25(30)33/h1-3,6-7,10-11,13-15,22-23H,4-5,8-9,12H2/t13-,14-,15+,22-,23+/m0/s1. The lowest BCUT2D eigenvalue weighted by Gasteiger charge is -2.19. The van der Waals surface area contributed by atoms with Crippen LogP contribution in [0.15, 0.2) is 42.5 Å². The summed E-state index contributed by atoms with van der Waals surface area (Å²) in [4.78, 5) is 54.4. The van der Waals surface area contributed by atoms with E-state index in [4.69, 9.17) is 27.9 Å². The highest BCUT2D eigenvalue weighted by Gasteiger charge is 2.61. The smallest absolute Gasteiger partial charge is 0.316 e. The molecule has 6 rings (SSSR count). The molecule has 2 saturated heterocycles. The predicted molar refractivity (Wildman–Crippen MR) is 129 cm³/mol. The van der Waals surface area contributed by atoms with Crippen molar-refractivity contribution < 1.29 is 23.9 Å². The summed E-state index contributed by atoms with van der Waals surface area (Å²) >= 11 is 12.3. The van der Waals surface area contributed by atoms with Crippen molar-refractivity contribution >= 4 is 58.3 Å². The van der Waals surface area contributed by atoms with Crippen molar-refractivity contribution in [1.82, 2.24) is 0 Å². The second kappa shape index (κ2) is 8.35. The lowest BCUT2D eigenvalue weighted by molar-refractivity contribution is -0.139. The van der Waals surface area contributed by atoms with Gasteiger partial charge in [-0.25, -0.2) is 4.90 Å². The quantitative estimate of drug-likeness (QED) is 0.342. The maximum Gasteiger partial charge on any atom is 0.316 e. The predicted octanol–water partition coefficient (Wildman–Crippen LogP) is 4.49. The van der Waals surface area contributed by atoms with E-state index in [2.05, 4.69) is 0 Å². The minimum absolute atomic E-state index is 0.0173. The first kappa shape index (κ1) is 22.6. The number of anilines is 2. The highest BCUT2D eigenvalue weighted by atomic mass is 35.5. The van der Waals surface area contributed by atoms with Gasteiger partial charge in [-0.15, -0.1) is 0 Å². The van der Waals surface area contributed by atoms with Crippen LogP contribution in [0.4, 0.5) is 11.4 Å². The SMILES string of the molecule is O=C(Oc1cccc(N2C(=O)[C@@H]3[C@H]4CC[C@@H](C4)[C@@H]3C2=O)c1)[C@@H]1CC(=O)N(c2cc(Cl)ccc2Cl)C1. The molecule has 3 amide bonds. The van der Waals surface area contributed by atoms with Crippen molar-refractivity contribution in [2.75, 3.05) is 16.3 Å². The number of ether oxygens (including phenoxy) is 1. The molecule has 2 heterocycles. The fourth-order valence-electron chi connectivity index (χ4n) is 6.34. The number of imide groups is 1. The summed E-state index contributed by atoms with van der Waals surface area (Å²) < 4.78 is 5.58. The normalized spacial score (nSPS) is 29.3.